The molecule has 1 aromatic heterocycles. The van der Waals surface area contributed by atoms with Gasteiger partial charge in [0.25, 0.3) is 5.89 Å². The highest BCUT2D eigenvalue weighted by Gasteiger charge is 2.34. The molecular weight excluding hydrogens is 411 g/mol. The molecule has 4 rings (SSSR count). The molecule has 2 aromatic carbocycles. The van der Waals surface area contributed by atoms with Crippen LogP contribution in [0.25, 0.3) is 17.0 Å². The van der Waals surface area contributed by atoms with E-state index in [1.807, 2.05) is 49.1 Å². The minimum Gasteiger partial charge on any atom is -0.351 e. The van der Waals surface area contributed by atoms with Gasteiger partial charge in [-0.15, -0.1) is 0 Å². The number of hydrogen-bond acceptors (Lipinski definition) is 4. The first-order chi connectivity index (χ1) is 14.8. The highest BCUT2D eigenvalue weighted by Crippen LogP contribution is 2.37. The fourth-order valence-corrected chi connectivity index (χ4v) is 4.14. The van der Waals surface area contributed by atoms with Crippen molar-refractivity contribution in [2.45, 2.75) is 33.7 Å². The van der Waals surface area contributed by atoms with E-state index in [0.29, 0.717) is 22.7 Å². The summed E-state index contributed by atoms with van der Waals surface area (Å²) in [6, 6.07) is 14.0. The lowest BCUT2D eigenvalue weighted by atomic mass is 9.94. The van der Waals surface area contributed by atoms with Crippen LogP contribution >= 0.6 is 12.2 Å². The van der Waals surface area contributed by atoms with Crippen molar-refractivity contribution >= 4 is 22.9 Å². The monoisotopic (exact) mass is 436 g/mol. The zero-order valence-electron chi connectivity index (χ0n) is 18.0. The first-order valence-corrected chi connectivity index (χ1v) is 10.7. The number of aryl methyl sites for hydroxylation is 1. The third-order valence-electron chi connectivity index (χ3n) is 5.26. The lowest BCUT2D eigenvalue weighted by molar-refractivity contribution is 0.385. The average molecular weight is 437 g/mol. The summed E-state index contributed by atoms with van der Waals surface area (Å²) >= 11 is 5.65. The zero-order valence-corrected chi connectivity index (χ0v) is 18.8. The van der Waals surface area contributed by atoms with Gasteiger partial charge in [-0.25, -0.2) is 4.39 Å². The molecule has 1 aliphatic rings. The van der Waals surface area contributed by atoms with Crippen LogP contribution in [-0.4, -0.2) is 26.7 Å². The van der Waals surface area contributed by atoms with Gasteiger partial charge in [-0.1, -0.05) is 54.9 Å². The Bertz CT molecular complexity index is 1150. The highest BCUT2D eigenvalue weighted by atomic mass is 32.1. The molecule has 0 radical (unpaired) electrons. The number of aromatic nitrogens is 2. The molecule has 1 atom stereocenters. The van der Waals surface area contributed by atoms with Gasteiger partial charge in [-0.3, -0.25) is 0 Å². The Morgan fingerprint density at radius 1 is 1.16 bits per heavy atom. The van der Waals surface area contributed by atoms with Crippen molar-refractivity contribution in [2.24, 2.45) is 5.92 Å². The smallest absolute Gasteiger partial charge is 0.258 e. The summed E-state index contributed by atoms with van der Waals surface area (Å²) in [6.07, 6.45) is 0. The number of halogens is 1. The fourth-order valence-electron chi connectivity index (χ4n) is 3.81. The van der Waals surface area contributed by atoms with Gasteiger partial charge in [0, 0.05) is 17.8 Å². The molecule has 1 aliphatic heterocycles. The summed E-state index contributed by atoms with van der Waals surface area (Å²) in [5, 5.41) is 8.17. The molecule has 0 spiro atoms. The Labute approximate surface area is 187 Å². The van der Waals surface area contributed by atoms with Gasteiger partial charge in [0.2, 0.25) is 5.82 Å². The summed E-state index contributed by atoms with van der Waals surface area (Å²) in [7, 11) is 0. The van der Waals surface area contributed by atoms with Crippen LogP contribution in [0.4, 0.5) is 4.39 Å². The van der Waals surface area contributed by atoms with Crippen molar-refractivity contribution in [3.05, 3.63) is 77.1 Å². The van der Waals surface area contributed by atoms with Crippen molar-refractivity contribution in [3.8, 4) is 11.4 Å². The molecule has 3 aromatic rings. The van der Waals surface area contributed by atoms with E-state index in [1.165, 1.54) is 12.1 Å². The van der Waals surface area contributed by atoms with Crippen LogP contribution in [0.5, 0.6) is 0 Å². The van der Waals surface area contributed by atoms with Gasteiger partial charge in [0.05, 0.1) is 11.6 Å². The first kappa shape index (κ1) is 21.2. The normalized spacial score (nSPS) is 16.8. The number of hydrogen-bond donors (Lipinski definition) is 1. The van der Waals surface area contributed by atoms with E-state index in [1.54, 1.807) is 6.07 Å². The van der Waals surface area contributed by atoms with Crippen LogP contribution < -0.4 is 5.32 Å². The summed E-state index contributed by atoms with van der Waals surface area (Å²) in [5.41, 5.74) is 4.46. The molecule has 31 heavy (non-hydrogen) atoms. The van der Waals surface area contributed by atoms with E-state index in [-0.39, 0.29) is 5.82 Å². The molecule has 2 heterocycles. The average Bonchev–Trinajstić information content (AvgIpc) is 3.20. The topological polar surface area (TPSA) is 54.2 Å². The van der Waals surface area contributed by atoms with Crippen molar-refractivity contribution in [1.29, 1.82) is 0 Å². The Hall–Kier alpha value is -3.06. The molecule has 0 saturated carbocycles. The zero-order chi connectivity index (χ0) is 22.1. The van der Waals surface area contributed by atoms with Crippen LogP contribution in [-0.2, 0) is 0 Å². The molecule has 160 valence electrons. The second kappa shape index (κ2) is 8.59. The van der Waals surface area contributed by atoms with E-state index in [4.69, 9.17) is 21.7 Å². The van der Waals surface area contributed by atoms with Gasteiger partial charge in [0.1, 0.15) is 5.82 Å². The van der Waals surface area contributed by atoms with E-state index in [0.717, 1.165) is 34.5 Å². The minimum absolute atomic E-state index is 0.308. The lowest BCUT2D eigenvalue weighted by Gasteiger charge is -2.38. The van der Waals surface area contributed by atoms with Crippen LogP contribution in [0.2, 0.25) is 0 Å². The lowest BCUT2D eigenvalue weighted by Crippen LogP contribution is -2.47. The van der Waals surface area contributed by atoms with Crippen molar-refractivity contribution in [2.75, 3.05) is 6.54 Å². The van der Waals surface area contributed by atoms with Crippen LogP contribution in [0, 0.1) is 18.7 Å². The summed E-state index contributed by atoms with van der Waals surface area (Å²) in [4.78, 5) is 6.74. The van der Waals surface area contributed by atoms with Gasteiger partial charge in [-0.2, -0.15) is 4.98 Å². The Morgan fingerprint density at radius 2 is 1.94 bits per heavy atom. The third kappa shape index (κ3) is 4.37. The molecule has 5 nitrogen and oxygen atoms in total. The van der Waals surface area contributed by atoms with Crippen molar-refractivity contribution in [1.82, 2.24) is 20.4 Å². The van der Waals surface area contributed by atoms with Gasteiger partial charge in [0.15, 0.2) is 5.11 Å². The van der Waals surface area contributed by atoms with E-state index < -0.39 is 6.04 Å². The van der Waals surface area contributed by atoms with Gasteiger partial charge in [-0.05, 0) is 55.7 Å². The Balaban J connectivity index is 1.83. The fraction of sp³-hybridized carbons (Fsp3) is 0.292. The van der Waals surface area contributed by atoms with Crippen LogP contribution in [0.3, 0.4) is 0 Å². The van der Waals surface area contributed by atoms with Crippen LogP contribution in [0.1, 0.15) is 43.8 Å². The van der Waals surface area contributed by atoms with Crippen molar-refractivity contribution < 1.29 is 8.91 Å². The Morgan fingerprint density at radius 3 is 2.65 bits per heavy atom. The minimum atomic E-state index is -0.391. The molecule has 1 unspecified atom stereocenters. The van der Waals surface area contributed by atoms with Gasteiger partial charge >= 0.3 is 0 Å². The SMILES string of the molecule is CC1=C(c2nc(-c3cccc(C)c3)no2)C(c2cccc(F)c2)NC(=S)N1CC(C)C. The molecular formula is C24H25FN4OS. The quantitative estimate of drug-likeness (QED) is 0.533. The highest BCUT2D eigenvalue weighted by molar-refractivity contribution is 7.80. The van der Waals surface area contributed by atoms with Crippen molar-refractivity contribution in [3.63, 3.8) is 0 Å². The predicted octanol–water partition coefficient (Wildman–Crippen LogP) is 5.50. The maximum Gasteiger partial charge on any atom is 0.258 e. The molecule has 0 aliphatic carbocycles. The molecule has 7 heteroatoms. The number of benzene rings is 2. The number of rotatable bonds is 5. The maximum atomic E-state index is 14.0. The molecule has 0 bridgehead atoms. The standard InChI is InChI=1S/C24H25FN4OS/c1-14(2)13-29-16(4)20(21(26-24(29)31)17-8-6-10-19(25)12-17)23-27-22(28-30-23)18-9-5-7-15(3)11-18/h5-12,14,21H,13H2,1-4H3,(H,26,31). The molecule has 0 fully saturated rings. The number of allylic oxidation sites excluding steroid dienone is 1. The number of thiocarbonyl (C=S) groups is 1. The molecule has 1 N–H and O–H groups in total. The second-order valence-corrected chi connectivity index (χ2v) is 8.62. The van der Waals surface area contributed by atoms with E-state index in [2.05, 4.69) is 24.3 Å². The van der Waals surface area contributed by atoms with Gasteiger partial charge < -0.3 is 14.7 Å². The predicted molar refractivity (Wildman–Crippen MR) is 123 cm³/mol. The number of nitrogens with zero attached hydrogens (tertiary/aromatic N) is 3. The van der Waals surface area contributed by atoms with E-state index >= 15 is 0 Å². The third-order valence-corrected chi connectivity index (χ3v) is 5.60. The molecule has 0 amide bonds. The second-order valence-electron chi connectivity index (χ2n) is 8.23. The summed E-state index contributed by atoms with van der Waals surface area (Å²) in [6.45, 7) is 9.03. The summed E-state index contributed by atoms with van der Waals surface area (Å²) in [5.74, 6) is 0.998. The van der Waals surface area contributed by atoms with E-state index in [9.17, 15) is 4.39 Å². The largest absolute Gasteiger partial charge is 0.351 e. The molecule has 0 saturated heterocycles. The summed E-state index contributed by atoms with van der Waals surface area (Å²) < 4.78 is 19.7. The Kier molecular flexibility index (Phi) is 5.87. The van der Waals surface area contributed by atoms with Crippen LogP contribution in [0.15, 0.2) is 58.8 Å². The number of nitrogens with one attached hydrogen (secondary N) is 1. The first-order valence-electron chi connectivity index (χ1n) is 10.3. The maximum absolute atomic E-state index is 14.0.